The summed E-state index contributed by atoms with van der Waals surface area (Å²) in [6.45, 7) is 1.96. The zero-order chi connectivity index (χ0) is 13.1. The fraction of sp³-hybridized carbons (Fsp3) is 0.0769. The average molecular weight is 243 g/mol. The number of aromatic nitrogens is 1. The van der Waals surface area contributed by atoms with E-state index >= 15 is 0 Å². The molecule has 5 heteroatoms. The van der Waals surface area contributed by atoms with Crippen LogP contribution in [0.4, 0.5) is 17.2 Å². The Morgan fingerprint density at radius 2 is 2.11 bits per heavy atom. The summed E-state index contributed by atoms with van der Waals surface area (Å²) in [4.78, 5) is 15.0. The number of hydrogen-bond donors (Lipinski definition) is 3. The van der Waals surface area contributed by atoms with Crippen LogP contribution < -0.4 is 11.1 Å². The van der Waals surface area contributed by atoms with Gasteiger partial charge in [0.15, 0.2) is 0 Å². The summed E-state index contributed by atoms with van der Waals surface area (Å²) >= 11 is 0. The number of nitrogens with one attached hydrogen (secondary N) is 1. The van der Waals surface area contributed by atoms with Crippen molar-refractivity contribution in [1.29, 1.82) is 0 Å². The second kappa shape index (κ2) is 4.75. The first-order valence-corrected chi connectivity index (χ1v) is 5.39. The first kappa shape index (κ1) is 11.9. The molecule has 18 heavy (non-hydrogen) atoms. The van der Waals surface area contributed by atoms with E-state index in [4.69, 9.17) is 10.8 Å². The van der Waals surface area contributed by atoms with Gasteiger partial charge in [0.1, 0.15) is 5.82 Å². The Labute approximate surface area is 104 Å². The molecule has 1 aromatic heterocycles. The van der Waals surface area contributed by atoms with Gasteiger partial charge in [0.2, 0.25) is 0 Å². The zero-order valence-corrected chi connectivity index (χ0v) is 9.84. The summed E-state index contributed by atoms with van der Waals surface area (Å²) in [6.07, 6.45) is 1.34. The summed E-state index contributed by atoms with van der Waals surface area (Å²) in [5.41, 5.74) is 7.67. The third-order valence-corrected chi connectivity index (χ3v) is 2.57. The van der Waals surface area contributed by atoms with Crippen molar-refractivity contribution in [2.45, 2.75) is 6.92 Å². The largest absolute Gasteiger partial charge is 0.478 e. The number of rotatable bonds is 3. The van der Waals surface area contributed by atoms with Gasteiger partial charge in [-0.25, -0.2) is 9.78 Å². The van der Waals surface area contributed by atoms with E-state index < -0.39 is 5.97 Å². The van der Waals surface area contributed by atoms with Crippen molar-refractivity contribution in [1.82, 2.24) is 4.98 Å². The Morgan fingerprint density at radius 3 is 2.78 bits per heavy atom. The smallest absolute Gasteiger partial charge is 0.337 e. The van der Waals surface area contributed by atoms with Crippen LogP contribution in [0.25, 0.3) is 0 Å². The summed E-state index contributed by atoms with van der Waals surface area (Å²) in [6, 6.07) is 9.10. The quantitative estimate of drug-likeness (QED) is 0.770. The van der Waals surface area contributed by atoms with E-state index in [-0.39, 0.29) is 11.3 Å². The number of nitrogen functional groups attached to an aromatic ring is 1. The second-order valence-electron chi connectivity index (χ2n) is 3.90. The summed E-state index contributed by atoms with van der Waals surface area (Å²) in [5, 5.41) is 12.0. The third-order valence-electron chi connectivity index (χ3n) is 2.57. The Morgan fingerprint density at radius 1 is 1.39 bits per heavy atom. The molecule has 92 valence electrons. The van der Waals surface area contributed by atoms with Crippen LogP contribution in [0, 0.1) is 6.92 Å². The van der Waals surface area contributed by atoms with Crippen molar-refractivity contribution in [3.63, 3.8) is 0 Å². The van der Waals surface area contributed by atoms with Gasteiger partial charge in [-0.05, 0) is 24.6 Å². The number of carbonyl (C=O) groups is 1. The molecule has 0 saturated heterocycles. The van der Waals surface area contributed by atoms with E-state index in [0.717, 1.165) is 11.3 Å². The van der Waals surface area contributed by atoms with E-state index in [2.05, 4.69) is 10.3 Å². The maximum Gasteiger partial charge on any atom is 0.337 e. The van der Waals surface area contributed by atoms with Gasteiger partial charge in [-0.15, -0.1) is 0 Å². The van der Waals surface area contributed by atoms with Gasteiger partial charge in [0.25, 0.3) is 0 Å². The molecule has 0 atom stereocenters. The van der Waals surface area contributed by atoms with Crippen molar-refractivity contribution < 1.29 is 9.90 Å². The van der Waals surface area contributed by atoms with E-state index in [1.54, 1.807) is 0 Å². The maximum absolute atomic E-state index is 11.0. The lowest BCUT2D eigenvalue weighted by molar-refractivity contribution is 0.0698. The van der Waals surface area contributed by atoms with Crippen LogP contribution >= 0.6 is 0 Å². The van der Waals surface area contributed by atoms with Crippen LogP contribution in [0.15, 0.2) is 36.5 Å². The number of para-hydroxylation sites is 1. The van der Waals surface area contributed by atoms with Crippen molar-refractivity contribution in [2.75, 3.05) is 11.1 Å². The lowest BCUT2D eigenvalue weighted by Crippen LogP contribution is -2.05. The molecule has 0 fully saturated rings. The molecule has 1 heterocycles. The van der Waals surface area contributed by atoms with E-state index in [0.29, 0.717) is 5.82 Å². The number of anilines is 3. The van der Waals surface area contributed by atoms with E-state index in [9.17, 15) is 4.79 Å². The summed E-state index contributed by atoms with van der Waals surface area (Å²) in [5.74, 6) is -0.612. The molecule has 0 spiro atoms. The number of pyridine rings is 1. The minimum absolute atomic E-state index is 0.0427. The number of aromatic carboxylic acids is 1. The molecular formula is C13H13N3O2. The average Bonchev–Trinajstić information content (AvgIpc) is 2.34. The topological polar surface area (TPSA) is 88.2 Å². The zero-order valence-electron chi connectivity index (χ0n) is 9.84. The van der Waals surface area contributed by atoms with Gasteiger partial charge < -0.3 is 16.2 Å². The third kappa shape index (κ3) is 2.40. The molecule has 1 aromatic carbocycles. The van der Waals surface area contributed by atoms with Gasteiger partial charge >= 0.3 is 5.97 Å². The normalized spacial score (nSPS) is 10.1. The van der Waals surface area contributed by atoms with Crippen molar-refractivity contribution in [3.8, 4) is 0 Å². The maximum atomic E-state index is 11.0. The lowest BCUT2D eigenvalue weighted by Gasteiger charge is -2.09. The number of nitrogens with two attached hydrogens (primary N) is 1. The molecule has 0 amide bonds. The fourth-order valence-electron chi connectivity index (χ4n) is 1.57. The SMILES string of the molecule is Cc1ccccc1Nc1cc(C(=O)O)c(N)cn1. The number of hydrogen-bond acceptors (Lipinski definition) is 4. The number of carboxylic acids is 1. The van der Waals surface area contributed by atoms with Crippen molar-refractivity contribution >= 4 is 23.2 Å². The van der Waals surface area contributed by atoms with Crippen LogP contribution in [-0.2, 0) is 0 Å². The highest BCUT2D eigenvalue weighted by atomic mass is 16.4. The summed E-state index contributed by atoms with van der Waals surface area (Å²) in [7, 11) is 0. The molecule has 0 saturated carbocycles. The molecule has 0 unspecified atom stereocenters. The molecule has 0 aliphatic rings. The van der Waals surface area contributed by atoms with Gasteiger partial charge in [-0.2, -0.15) is 0 Å². The van der Waals surface area contributed by atoms with Crippen LogP contribution in [0.1, 0.15) is 15.9 Å². The fourth-order valence-corrected chi connectivity index (χ4v) is 1.57. The Bertz CT molecular complexity index is 597. The standard InChI is InChI=1S/C13H13N3O2/c1-8-4-2-3-5-11(8)16-12-6-9(13(17)18)10(14)7-15-12/h2-7H,14H2,1H3,(H,15,16)(H,17,18). The number of aryl methyl sites for hydroxylation is 1. The van der Waals surface area contributed by atoms with Crippen LogP contribution in [-0.4, -0.2) is 16.1 Å². The predicted octanol–water partition coefficient (Wildman–Crippen LogP) is 2.41. The van der Waals surface area contributed by atoms with E-state index in [1.165, 1.54) is 12.3 Å². The molecule has 2 aromatic rings. The minimum atomic E-state index is -1.07. The molecule has 4 N–H and O–H groups in total. The van der Waals surface area contributed by atoms with Crippen LogP contribution in [0.2, 0.25) is 0 Å². The molecule has 0 radical (unpaired) electrons. The molecule has 0 aliphatic heterocycles. The molecule has 0 aliphatic carbocycles. The number of nitrogens with zero attached hydrogens (tertiary/aromatic N) is 1. The summed E-state index contributed by atoms with van der Waals surface area (Å²) < 4.78 is 0. The number of carboxylic acid groups (broad SMARTS) is 1. The van der Waals surface area contributed by atoms with Gasteiger partial charge in [-0.1, -0.05) is 18.2 Å². The van der Waals surface area contributed by atoms with Crippen LogP contribution in [0.5, 0.6) is 0 Å². The molecular weight excluding hydrogens is 230 g/mol. The predicted molar refractivity (Wildman–Crippen MR) is 70.1 cm³/mol. The highest BCUT2D eigenvalue weighted by Gasteiger charge is 2.10. The van der Waals surface area contributed by atoms with E-state index in [1.807, 2.05) is 31.2 Å². The van der Waals surface area contributed by atoms with Crippen molar-refractivity contribution in [3.05, 3.63) is 47.7 Å². The van der Waals surface area contributed by atoms with Crippen LogP contribution in [0.3, 0.4) is 0 Å². The number of benzene rings is 1. The Kier molecular flexibility index (Phi) is 3.14. The lowest BCUT2D eigenvalue weighted by atomic mass is 10.2. The van der Waals surface area contributed by atoms with Gasteiger partial charge in [-0.3, -0.25) is 0 Å². The van der Waals surface area contributed by atoms with Gasteiger partial charge in [0.05, 0.1) is 17.4 Å². The molecule has 5 nitrogen and oxygen atoms in total. The minimum Gasteiger partial charge on any atom is -0.478 e. The first-order valence-electron chi connectivity index (χ1n) is 5.39. The van der Waals surface area contributed by atoms with Crippen molar-refractivity contribution in [2.24, 2.45) is 0 Å². The Hall–Kier alpha value is -2.56. The first-order chi connectivity index (χ1) is 8.58. The monoisotopic (exact) mass is 243 g/mol. The molecule has 0 bridgehead atoms. The van der Waals surface area contributed by atoms with Gasteiger partial charge in [0, 0.05) is 5.69 Å². The Balaban J connectivity index is 2.33. The highest BCUT2D eigenvalue weighted by molar-refractivity contribution is 5.94. The molecule has 2 rings (SSSR count). The second-order valence-corrected chi connectivity index (χ2v) is 3.90. The highest BCUT2D eigenvalue weighted by Crippen LogP contribution is 2.21.